The van der Waals surface area contributed by atoms with Gasteiger partial charge in [-0.2, -0.15) is 0 Å². The normalized spacial score (nSPS) is 11.2. The molecule has 0 aromatic heterocycles. The summed E-state index contributed by atoms with van der Waals surface area (Å²) in [7, 11) is -4.16. The van der Waals surface area contributed by atoms with Crippen LogP contribution in [0.2, 0.25) is 5.02 Å². The third kappa shape index (κ3) is 5.98. The number of hydrogen-bond donors (Lipinski definition) is 2. The van der Waals surface area contributed by atoms with Gasteiger partial charge in [-0.15, -0.1) is 0 Å². The summed E-state index contributed by atoms with van der Waals surface area (Å²) in [6, 6.07) is 8.62. The largest absolute Gasteiger partial charge is 0.355 e. The van der Waals surface area contributed by atoms with Crippen LogP contribution in [-0.4, -0.2) is 32.3 Å². The van der Waals surface area contributed by atoms with E-state index >= 15 is 0 Å². The Labute approximate surface area is 159 Å². The lowest BCUT2D eigenvalue weighted by Crippen LogP contribution is -2.35. The number of nitrogens with zero attached hydrogens (tertiary/aromatic N) is 1. The number of nitro benzene ring substituents is 1. The van der Waals surface area contributed by atoms with E-state index in [1.807, 2.05) is 0 Å². The second kappa shape index (κ2) is 8.89. The van der Waals surface area contributed by atoms with Gasteiger partial charge < -0.3 is 5.32 Å². The van der Waals surface area contributed by atoms with Crippen molar-refractivity contribution in [2.24, 2.45) is 0 Å². The number of nitro groups is 1. The van der Waals surface area contributed by atoms with E-state index in [2.05, 4.69) is 10.0 Å². The maximum Gasteiger partial charge on any atom is 0.290 e. The van der Waals surface area contributed by atoms with Crippen molar-refractivity contribution < 1.29 is 22.5 Å². The van der Waals surface area contributed by atoms with Crippen LogP contribution in [0.5, 0.6) is 0 Å². The molecule has 8 nitrogen and oxygen atoms in total. The smallest absolute Gasteiger partial charge is 0.290 e. The molecule has 27 heavy (non-hydrogen) atoms. The number of halogens is 2. The predicted molar refractivity (Wildman–Crippen MR) is 96.4 cm³/mol. The van der Waals surface area contributed by atoms with Crippen LogP contribution >= 0.6 is 11.6 Å². The molecule has 0 bridgehead atoms. The molecule has 2 rings (SSSR count). The van der Waals surface area contributed by atoms with Crippen LogP contribution in [0, 0.1) is 15.9 Å². The highest BCUT2D eigenvalue weighted by atomic mass is 35.5. The van der Waals surface area contributed by atoms with Crippen LogP contribution in [0.15, 0.2) is 47.4 Å². The topological polar surface area (TPSA) is 118 Å². The number of benzene rings is 2. The maximum atomic E-state index is 12.8. The molecule has 0 saturated heterocycles. The van der Waals surface area contributed by atoms with Crippen molar-refractivity contribution in [3.05, 3.63) is 69.0 Å². The number of carbonyl (C=O) groups is 1. The van der Waals surface area contributed by atoms with Crippen LogP contribution in [0.25, 0.3) is 0 Å². The molecular weight excluding hydrogens is 401 g/mol. The maximum absolute atomic E-state index is 12.8. The number of hydrogen-bond acceptors (Lipinski definition) is 5. The first-order valence-corrected chi connectivity index (χ1v) is 9.50. The fraction of sp³-hybridized carbons (Fsp3) is 0.188. The SMILES string of the molecule is O=C(Cc1ccc(F)cc1)NCCNS(=O)(=O)c1ccc(Cl)cc1[N+](=O)[O-]. The molecule has 2 aromatic carbocycles. The Balaban J connectivity index is 1.90. The molecule has 144 valence electrons. The first-order chi connectivity index (χ1) is 12.7. The van der Waals surface area contributed by atoms with Crippen LogP contribution in [0.4, 0.5) is 10.1 Å². The zero-order valence-electron chi connectivity index (χ0n) is 13.8. The summed E-state index contributed by atoms with van der Waals surface area (Å²) >= 11 is 5.66. The van der Waals surface area contributed by atoms with Gasteiger partial charge in [0.2, 0.25) is 15.9 Å². The lowest BCUT2D eigenvalue weighted by molar-refractivity contribution is -0.387. The monoisotopic (exact) mass is 415 g/mol. The average molecular weight is 416 g/mol. The molecule has 11 heteroatoms. The summed E-state index contributed by atoms with van der Waals surface area (Å²) in [5, 5.41) is 13.5. The third-order valence-corrected chi connectivity index (χ3v) is 5.17. The van der Waals surface area contributed by atoms with Gasteiger partial charge >= 0.3 is 0 Å². The summed E-state index contributed by atoms with van der Waals surface area (Å²) < 4.78 is 39.4. The molecule has 0 aliphatic carbocycles. The molecule has 0 radical (unpaired) electrons. The first kappa shape index (κ1) is 20.7. The van der Waals surface area contributed by atoms with Crippen molar-refractivity contribution in [3.63, 3.8) is 0 Å². The highest BCUT2D eigenvalue weighted by Gasteiger charge is 2.25. The fourth-order valence-electron chi connectivity index (χ4n) is 2.18. The van der Waals surface area contributed by atoms with Gasteiger partial charge in [0.1, 0.15) is 5.82 Å². The molecule has 0 aliphatic heterocycles. The van der Waals surface area contributed by atoms with Crippen molar-refractivity contribution in [2.75, 3.05) is 13.1 Å². The predicted octanol–water partition coefficient (Wildman–Crippen LogP) is 2.02. The minimum absolute atomic E-state index is 0.00961. The summed E-state index contributed by atoms with van der Waals surface area (Å²) in [5.74, 6) is -0.789. The Bertz CT molecular complexity index is 951. The minimum Gasteiger partial charge on any atom is -0.355 e. The molecular formula is C16H15ClFN3O5S. The van der Waals surface area contributed by atoms with Crippen molar-refractivity contribution >= 4 is 33.2 Å². The highest BCUT2D eigenvalue weighted by molar-refractivity contribution is 7.89. The molecule has 0 aliphatic rings. The van der Waals surface area contributed by atoms with E-state index in [0.29, 0.717) is 5.56 Å². The summed E-state index contributed by atoms with van der Waals surface area (Å²) in [6.07, 6.45) is 0.00961. The Morgan fingerprint density at radius 3 is 2.44 bits per heavy atom. The number of sulfonamides is 1. The van der Waals surface area contributed by atoms with Gasteiger partial charge in [0.05, 0.1) is 11.3 Å². The Kier molecular flexibility index (Phi) is 6.83. The summed E-state index contributed by atoms with van der Waals surface area (Å²) in [5.41, 5.74) is -0.0402. The van der Waals surface area contributed by atoms with Gasteiger partial charge in [-0.3, -0.25) is 14.9 Å². The van der Waals surface area contributed by atoms with Crippen LogP contribution < -0.4 is 10.0 Å². The number of rotatable bonds is 8. The van der Waals surface area contributed by atoms with Crippen molar-refractivity contribution in [3.8, 4) is 0 Å². The lowest BCUT2D eigenvalue weighted by atomic mass is 10.1. The van der Waals surface area contributed by atoms with Crippen LogP contribution in [0.1, 0.15) is 5.56 Å². The third-order valence-electron chi connectivity index (χ3n) is 3.42. The van der Waals surface area contributed by atoms with E-state index in [1.165, 1.54) is 30.3 Å². The molecule has 0 heterocycles. The highest BCUT2D eigenvalue weighted by Crippen LogP contribution is 2.26. The number of amides is 1. The molecule has 0 atom stereocenters. The summed E-state index contributed by atoms with van der Waals surface area (Å²) in [6.45, 7) is -0.197. The summed E-state index contributed by atoms with van der Waals surface area (Å²) in [4.78, 5) is 21.4. The zero-order valence-corrected chi connectivity index (χ0v) is 15.4. The molecule has 2 aromatic rings. The van der Waals surface area contributed by atoms with Gasteiger partial charge in [-0.05, 0) is 29.8 Å². The van der Waals surface area contributed by atoms with E-state index in [4.69, 9.17) is 11.6 Å². The zero-order chi connectivity index (χ0) is 20.0. The Morgan fingerprint density at radius 1 is 1.15 bits per heavy atom. The second-order valence-corrected chi connectivity index (χ2v) is 7.59. The first-order valence-electron chi connectivity index (χ1n) is 7.64. The standard InChI is InChI=1S/C16H15ClFN3O5S/c17-12-3-6-15(14(10-12)21(23)24)27(25,26)20-8-7-19-16(22)9-11-1-4-13(18)5-2-11/h1-6,10,20H,7-9H2,(H,19,22). The molecule has 2 N–H and O–H groups in total. The molecule has 1 amide bonds. The Hall–Kier alpha value is -2.56. The number of nitrogens with one attached hydrogen (secondary N) is 2. The molecule has 0 unspecified atom stereocenters. The average Bonchev–Trinajstić information content (AvgIpc) is 2.60. The fourth-order valence-corrected chi connectivity index (χ4v) is 3.52. The van der Waals surface area contributed by atoms with Gasteiger partial charge in [0.25, 0.3) is 5.69 Å². The minimum atomic E-state index is -4.16. The van der Waals surface area contributed by atoms with E-state index < -0.39 is 31.3 Å². The molecule has 0 saturated carbocycles. The quantitative estimate of drug-likeness (QED) is 0.388. The van der Waals surface area contributed by atoms with Gasteiger partial charge in [0.15, 0.2) is 4.90 Å². The van der Waals surface area contributed by atoms with Crippen molar-refractivity contribution in [1.29, 1.82) is 0 Å². The van der Waals surface area contributed by atoms with Gasteiger partial charge in [-0.1, -0.05) is 23.7 Å². The molecule has 0 fully saturated rings. The van der Waals surface area contributed by atoms with Crippen LogP contribution in [-0.2, 0) is 21.2 Å². The van der Waals surface area contributed by atoms with E-state index in [-0.39, 0.29) is 30.4 Å². The van der Waals surface area contributed by atoms with Crippen molar-refractivity contribution in [1.82, 2.24) is 10.0 Å². The van der Waals surface area contributed by atoms with Gasteiger partial charge in [-0.25, -0.2) is 17.5 Å². The van der Waals surface area contributed by atoms with E-state index in [0.717, 1.165) is 12.1 Å². The lowest BCUT2D eigenvalue weighted by Gasteiger charge is -2.09. The van der Waals surface area contributed by atoms with Crippen molar-refractivity contribution in [2.45, 2.75) is 11.3 Å². The number of carbonyl (C=O) groups excluding carboxylic acids is 1. The van der Waals surface area contributed by atoms with E-state index in [9.17, 15) is 27.7 Å². The Morgan fingerprint density at radius 2 is 1.81 bits per heavy atom. The van der Waals surface area contributed by atoms with E-state index in [1.54, 1.807) is 0 Å². The molecule has 0 spiro atoms. The second-order valence-electron chi connectivity index (χ2n) is 5.42. The van der Waals surface area contributed by atoms with Gasteiger partial charge in [0, 0.05) is 24.2 Å². The van der Waals surface area contributed by atoms with Crippen LogP contribution in [0.3, 0.4) is 0 Å².